The van der Waals surface area contributed by atoms with Gasteiger partial charge in [-0.2, -0.15) is 0 Å². The smallest absolute Gasteiger partial charge is 0.409 e. The first kappa shape index (κ1) is 12.1. The number of ether oxygens (including phenoxy) is 1. The van der Waals surface area contributed by atoms with E-state index in [0.29, 0.717) is 12.1 Å². The van der Waals surface area contributed by atoms with Crippen molar-refractivity contribution in [2.75, 3.05) is 0 Å². The minimum Gasteiger partial charge on any atom is -0.409 e. The van der Waals surface area contributed by atoms with E-state index in [-0.39, 0.29) is 5.56 Å². The van der Waals surface area contributed by atoms with E-state index in [1.807, 2.05) is 0 Å². The van der Waals surface area contributed by atoms with Crippen molar-refractivity contribution in [3.8, 4) is 5.75 Å². The Balaban J connectivity index is 3.09. The molecule has 0 atom stereocenters. The lowest BCUT2D eigenvalue weighted by Crippen LogP contribution is -2.19. The molecule has 0 spiro atoms. The van der Waals surface area contributed by atoms with Crippen molar-refractivity contribution in [2.45, 2.75) is 6.36 Å². The van der Waals surface area contributed by atoms with Crippen LogP contribution in [-0.2, 0) is 0 Å². The van der Waals surface area contributed by atoms with E-state index in [1.54, 1.807) is 0 Å². The lowest BCUT2D eigenvalue weighted by molar-refractivity contribution is -0.275. The number of hydrogen-bond acceptors (Lipinski definition) is 3. The zero-order valence-electron chi connectivity index (χ0n) is 7.62. The summed E-state index contributed by atoms with van der Waals surface area (Å²) >= 11 is 0. The summed E-state index contributed by atoms with van der Waals surface area (Å²) in [5, 5.41) is 10.8. The molecule has 0 aromatic heterocycles. The number of halogens is 4. The third kappa shape index (κ3) is 3.01. The number of nitrogens with zero attached hydrogens (tertiary/aromatic N) is 1. The van der Waals surface area contributed by atoms with Gasteiger partial charge in [0.05, 0.1) is 0 Å². The number of oxime groups is 1. The average Bonchev–Trinajstić information content (AvgIpc) is 2.18. The predicted octanol–water partition coefficient (Wildman–Crippen LogP) is 1.82. The molecule has 1 aromatic rings. The molecule has 0 radical (unpaired) electrons. The van der Waals surface area contributed by atoms with Gasteiger partial charge in [0, 0.05) is 5.56 Å². The molecule has 1 aromatic carbocycles. The largest absolute Gasteiger partial charge is 0.573 e. The number of rotatable bonds is 2. The van der Waals surface area contributed by atoms with Gasteiger partial charge in [-0.05, 0) is 18.2 Å². The number of benzene rings is 1. The molecule has 8 heteroatoms. The molecule has 4 nitrogen and oxygen atoms in total. The van der Waals surface area contributed by atoms with Crippen LogP contribution in [0.25, 0.3) is 0 Å². The Morgan fingerprint density at radius 1 is 1.38 bits per heavy atom. The maximum Gasteiger partial charge on any atom is 0.573 e. The first-order valence-corrected chi connectivity index (χ1v) is 3.86. The molecule has 0 unspecified atom stereocenters. The lowest BCUT2D eigenvalue weighted by atomic mass is 10.2. The van der Waals surface area contributed by atoms with Crippen molar-refractivity contribution >= 4 is 5.84 Å². The Kier molecular flexibility index (Phi) is 3.21. The molecule has 0 aliphatic rings. The Morgan fingerprint density at radius 2 is 2.00 bits per heavy atom. The van der Waals surface area contributed by atoms with E-state index in [2.05, 4.69) is 9.89 Å². The number of alkyl halides is 3. The summed E-state index contributed by atoms with van der Waals surface area (Å²) in [4.78, 5) is 0. The van der Waals surface area contributed by atoms with Crippen LogP contribution in [0, 0.1) is 5.82 Å². The monoisotopic (exact) mass is 238 g/mol. The number of nitrogens with two attached hydrogens (primary N) is 1. The normalized spacial score (nSPS) is 12.6. The van der Waals surface area contributed by atoms with Crippen LogP contribution in [0.4, 0.5) is 17.6 Å². The van der Waals surface area contributed by atoms with Gasteiger partial charge in [0.1, 0.15) is 0 Å². The highest BCUT2D eigenvalue weighted by molar-refractivity contribution is 5.97. The molecule has 0 saturated heterocycles. The molecule has 0 saturated carbocycles. The Morgan fingerprint density at radius 3 is 2.50 bits per heavy atom. The average molecular weight is 238 g/mol. The van der Waals surface area contributed by atoms with Crippen LogP contribution in [0.1, 0.15) is 5.56 Å². The first-order chi connectivity index (χ1) is 7.33. The molecule has 1 rings (SSSR count). The molecular formula is C8H6F4N2O2. The van der Waals surface area contributed by atoms with Gasteiger partial charge in [-0.15, -0.1) is 13.2 Å². The van der Waals surface area contributed by atoms with Crippen LogP contribution in [0.15, 0.2) is 23.4 Å². The second kappa shape index (κ2) is 4.25. The standard InChI is InChI=1S/C8H6F4N2O2/c9-5-2-1-4(7(13)14-15)3-6(5)16-8(10,11)12/h1-3,15H,(H2,13,14). The minimum absolute atomic E-state index is 0.0943. The maximum atomic E-state index is 12.9. The lowest BCUT2D eigenvalue weighted by Gasteiger charge is -2.10. The van der Waals surface area contributed by atoms with Crippen LogP contribution in [0.3, 0.4) is 0 Å². The van der Waals surface area contributed by atoms with E-state index < -0.39 is 23.8 Å². The van der Waals surface area contributed by atoms with Gasteiger partial charge in [-0.25, -0.2) is 4.39 Å². The SMILES string of the molecule is N/C(=N\O)c1ccc(F)c(OC(F)(F)F)c1. The van der Waals surface area contributed by atoms with Crippen molar-refractivity contribution in [2.24, 2.45) is 10.9 Å². The Hall–Kier alpha value is -1.99. The van der Waals surface area contributed by atoms with E-state index in [0.717, 1.165) is 6.07 Å². The summed E-state index contributed by atoms with van der Waals surface area (Å²) in [6, 6.07) is 2.44. The van der Waals surface area contributed by atoms with Crippen LogP contribution in [-0.4, -0.2) is 17.4 Å². The summed E-state index contributed by atoms with van der Waals surface area (Å²) in [5.74, 6) is -2.70. The molecule has 0 bridgehead atoms. The van der Waals surface area contributed by atoms with E-state index in [4.69, 9.17) is 10.9 Å². The predicted molar refractivity (Wildman–Crippen MR) is 45.6 cm³/mol. The van der Waals surface area contributed by atoms with Gasteiger partial charge >= 0.3 is 6.36 Å². The number of hydrogen-bond donors (Lipinski definition) is 2. The van der Waals surface area contributed by atoms with Gasteiger partial charge in [0.25, 0.3) is 0 Å². The van der Waals surface area contributed by atoms with Gasteiger partial charge in [-0.3, -0.25) is 0 Å². The van der Waals surface area contributed by atoms with Gasteiger partial charge < -0.3 is 15.7 Å². The highest BCUT2D eigenvalue weighted by Crippen LogP contribution is 2.26. The third-order valence-electron chi connectivity index (χ3n) is 1.56. The fourth-order valence-electron chi connectivity index (χ4n) is 0.923. The molecule has 0 aliphatic carbocycles. The van der Waals surface area contributed by atoms with E-state index >= 15 is 0 Å². The summed E-state index contributed by atoms with van der Waals surface area (Å²) in [6.45, 7) is 0. The second-order valence-electron chi connectivity index (χ2n) is 2.68. The van der Waals surface area contributed by atoms with Crippen molar-refractivity contribution in [1.82, 2.24) is 0 Å². The summed E-state index contributed by atoms with van der Waals surface area (Å²) < 4.78 is 51.8. The van der Waals surface area contributed by atoms with Gasteiger partial charge in [-0.1, -0.05) is 5.16 Å². The Bertz CT molecular complexity index is 417. The molecule has 88 valence electrons. The van der Waals surface area contributed by atoms with Crippen molar-refractivity contribution < 1.29 is 27.5 Å². The summed E-state index contributed by atoms with van der Waals surface area (Å²) in [7, 11) is 0. The quantitative estimate of drug-likeness (QED) is 0.271. The fraction of sp³-hybridized carbons (Fsp3) is 0.125. The maximum absolute atomic E-state index is 12.9. The highest BCUT2D eigenvalue weighted by atomic mass is 19.4. The third-order valence-corrected chi connectivity index (χ3v) is 1.56. The molecular weight excluding hydrogens is 232 g/mol. The molecule has 0 amide bonds. The Labute approximate surface area is 86.9 Å². The number of amidine groups is 1. The van der Waals surface area contributed by atoms with Crippen LogP contribution < -0.4 is 10.5 Å². The van der Waals surface area contributed by atoms with Gasteiger partial charge in [0.2, 0.25) is 0 Å². The molecule has 0 aliphatic heterocycles. The molecule has 0 heterocycles. The summed E-state index contributed by atoms with van der Waals surface area (Å²) in [6.07, 6.45) is -5.01. The molecule has 16 heavy (non-hydrogen) atoms. The van der Waals surface area contributed by atoms with Crippen molar-refractivity contribution in [1.29, 1.82) is 0 Å². The minimum atomic E-state index is -5.01. The fourth-order valence-corrected chi connectivity index (χ4v) is 0.923. The summed E-state index contributed by atoms with van der Waals surface area (Å²) in [5.41, 5.74) is 5.02. The van der Waals surface area contributed by atoms with Crippen LogP contribution in [0.2, 0.25) is 0 Å². The topological polar surface area (TPSA) is 67.8 Å². The van der Waals surface area contributed by atoms with Gasteiger partial charge in [0.15, 0.2) is 17.4 Å². The van der Waals surface area contributed by atoms with E-state index in [1.165, 1.54) is 0 Å². The van der Waals surface area contributed by atoms with Crippen LogP contribution >= 0.6 is 0 Å². The zero-order chi connectivity index (χ0) is 12.3. The molecule has 3 N–H and O–H groups in total. The van der Waals surface area contributed by atoms with Crippen molar-refractivity contribution in [3.63, 3.8) is 0 Å². The van der Waals surface area contributed by atoms with Crippen LogP contribution in [0.5, 0.6) is 5.75 Å². The molecule has 0 fully saturated rings. The van der Waals surface area contributed by atoms with E-state index in [9.17, 15) is 17.6 Å². The van der Waals surface area contributed by atoms with Crippen molar-refractivity contribution in [3.05, 3.63) is 29.6 Å². The second-order valence-corrected chi connectivity index (χ2v) is 2.68. The first-order valence-electron chi connectivity index (χ1n) is 3.86. The highest BCUT2D eigenvalue weighted by Gasteiger charge is 2.32. The zero-order valence-corrected chi connectivity index (χ0v) is 7.62.